The van der Waals surface area contributed by atoms with Gasteiger partial charge in [0.15, 0.2) is 0 Å². The standard InChI is InChI=1S/C16H14N2O3S/c19-16(11-4-3-5-12(10-11)18(20)21)17-14-8-9-22-15-7-2-1-6-13(14)15/h1-7,10,14H,8-9H2,(H,17,19)/t14-/m0/s1. The Labute approximate surface area is 131 Å². The maximum Gasteiger partial charge on any atom is 0.270 e. The van der Waals surface area contributed by atoms with Crippen LogP contribution >= 0.6 is 11.8 Å². The lowest BCUT2D eigenvalue weighted by molar-refractivity contribution is -0.384. The molecule has 0 saturated carbocycles. The number of nitro benzene ring substituents is 1. The van der Waals surface area contributed by atoms with Crippen LogP contribution < -0.4 is 5.32 Å². The molecule has 5 nitrogen and oxygen atoms in total. The van der Waals surface area contributed by atoms with Crippen LogP contribution in [0.5, 0.6) is 0 Å². The highest BCUT2D eigenvalue weighted by Gasteiger charge is 2.22. The second kappa shape index (κ2) is 6.19. The Kier molecular flexibility index (Phi) is 4.11. The Hall–Kier alpha value is -2.34. The van der Waals surface area contributed by atoms with Gasteiger partial charge in [-0.15, -0.1) is 11.8 Å². The maximum atomic E-state index is 12.4. The quantitative estimate of drug-likeness (QED) is 0.694. The summed E-state index contributed by atoms with van der Waals surface area (Å²) in [5.74, 6) is 0.659. The number of hydrogen-bond acceptors (Lipinski definition) is 4. The summed E-state index contributed by atoms with van der Waals surface area (Å²) in [6.07, 6.45) is 0.850. The van der Waals surface area contributed by atoms with Gasteiger partial charge in [-0.3, -0.25) is 14.9 Å². The number of benzene rings is 2. The Morgan fingerprint density at radius 2 is 2.05 bits per heavy atom. The summed E-state index contributed by atoms with van der Waals surface area (Å²) in [6.45, 7) is 0. The van der Waals surface area contributed by atoms with Crippen LogP contribution in [0, 0.1) is 10.1 Å². The van der Waals surface area contributed by atoms with Gasteiger partial charge in [0, 0.05) is 28.3 Å². The molecule has 1 N–H and O–H groups in total. The van der Waals surface area contributed by atoms with E-state index in [4.69, 9.17) is 0 Å². The predicted molar refractivity (Wildman–Crippen MR) is 85.1 cm³/mol. The molecular formula is C16H14N2O3S. The second-order valence-electron chi connectivity index (χ2n) is 5.01. The van der Waals surface area contributed by atoms with Crippen molar-refractivity contribution in [1.29, 1.82) is 0 Å². The first-order chi connectivity index (χ1) is 10.6. The zero-order valence-corrected chi connectivity index (χ0v) is 12.5. The molecule has 1 heterocycles. The number of amides is 1. The predicted octanol–water partition coefficient (Wildman–Crippen LogP) is 3.56. The first-order valence-electron chi connectivity index (χ1n) is 6.92. The molecule has 112 valence electrons. The van der Waals surface area contributed by atoms with E-state index in [1.165, 1.54) is 23.1 Å². The summed E-state index contributed by atoms with van der Waals surface area (Å²) in [7, 11) is 0. The summed E-state index contributed by atoms with van der Waals surface area (Å²) < 4.78 is 0. The molecule has 0 radical (unpaired) electrons. The van der Waals surface area contributed by atoms with Gasteiger partial charge < -0.3 is 5.32 Å². The molecule has 0 saturated heterocycles. The number of fused-ring (bicyclic) bond motifs is 1. The van der Waals surface area contributed by atoms with E-state index in [0.29, 0.717) is 5.56 Å². The lowest BCUT2D eigenvalue weighted by Crippen LogP contribution is -2.30. The topological polar surface area (TPSA) is 72.2 Å². The zero-order chi connectivity index (χ0) is 15.5. The molecule has 0 aromatic heterocycles. The minimum Gasteiger partial charge on any atom is -0.345 e. The summed E-state index contributed by atoms with van der Waals surface area (Å²) in [6, 6.07) is 13.7. The van der Waals surface area contributed by atoms with E-state index in [2.05, 4.69) is 5.32 Å². The second-order valence-corrected chi connectivity index (χ2v) is 6.15. The van der Waals surface area contributed by atoms with Gasteiger partial charge in [-0.2, -0.15) is 0 Å². The number of rotatable bonds is 3. The smallest absolute Gasteiger partial charge is 0.270 e. The van der Waals surface area contributed by atoms with Crippen molar-refractivity contribution in [3.05, 3.63) is 69.8 Å². The highest BCUT2D eigenvalue weighted by molar-refractivity contribution is 7.99. The van der Waals surface area contributed by atoms with Crippen molar-refractivity contribution < 1.29 is 9.72 Å². The van der Waals surface area contributed by atoms with Crippen LogP contribution in [0.15, 0.2) is 53.4 Å². The SMILES string of the molecule is O=C(N[C@H]1CCSc2ccccc21)c1cccc([N+](=O)[O-])c1. The zero-order valence-electron chi connectivity index (χ0n) is 11.7. The molecule has 2 aromatic rings. The average Bonchev–Trinajstić information content (AvgIpc) is 2.55. The molecule has 1 aliphatic heterocycles. The maximum absolute atomic E-state index is 12.4. The minimum absolute atomic E-state index is 0.0517. The van der Waals surface area contributed by atoms with Crippen molar-refractivity contribution in [2.75, 3.05) is 5.75 Å². The van der Waals surface area contributed by atoms with Crippen LogP contribution in [0.4, 0.5) is 5.69 Å². The average molecular weight is 314 g/mol. The van der Waals surface area contributed by atoms with Crippen molar-refractivity contribution in [2.45, 2.75) is 17.4 Å². The highest BCUT2D eigenvalue weighted by Crippen LogP contribution is 2.35. The molecule has 22 heavy (non-hydrogen) atoms. The largest absolute Gasteiger partial charge is 0.345 e. The fourth-order valence-electron chi connectivity index (χ4n) is 2.49. The molecule has 0 aliphatic carbocycles. The van der Waals surface area contributed by atoms with Crippen molar-refractivity contribution in [2.24, 2.45) is 0 Å². The molecule has 0 fully saturated rings. The molecule has 1 atom stereocenters. The van der Waals surface area contributed by atoms with Crippen molar-refractivity contribution >= 4 is 23.4 Å². The van der Waals surface area contributed by atoms with Crippen LogP contribution in [-0.4, -0.2) is 16.6 Å². The Morgan fingerprint density at radius 1 is 1.23 bits per heavy atom. The highest BCUT2D eigenvalue weighted by atomic mass is 32.2. The summed E-state index contributed by atoms with van der Waals surface area (Å²) in [4.78, 5) is 23.8. The van der Waals surface area contributed by atoms with Crippen LogP contribution in [0.3, 0.4) is 0 Å². The Bertz CT molecular complexity index is 733. The van der Waals surface area contributed by atoms with E-state index < -0.39 is 4.92 Å². The number of nitrogens with one attached hydrogen (secondary N) is 1. The summed E-state index contributed by atoms with van der Waals surface area (Å²) >= 11 is 1.78. The minimum atomic E-state index is -0.497. The number of hydrogen-bond donors (Lipinski definition) is 1. The number of nitrogens with zero attached hydrogens (tertiary/aromatic N) is 1. The van der Waals surface area contributed by atoms with Crippen LogP contribution in [-0.2, 0) is 0 Å². The molecule has 6 heteroatoms. The van der Waals surface area contributed by atoms with Gasteiger partial charge >= 0.3 is 0 Å². The third-order valence-corrected chi connectivity index (χ3v) is 4.71. The molecular weight excluding hydrogens is 300 g/mol. The van der Waals surface area contributed by atoms with Gasteiger partial charge in [-0.25, -0.2) is 0 Å². The number of thioether (sulfide) groups is 1. The van der Waals surface area contributed by atoms with Crippen molar-refractivity contribution in [3.8, 4) is 0 Å². The fraction of sp³-hybridized carbons (Fsp3) is 0.188. The van der Waals surface area contributed by atoms with E-state index in [-0.39, 0.29) is 17.6 Å². The van der Waals surface area contributed by atoms with E-state index in [0.717, 1.165) is 17.7 Å². The molecule has 0 spiro atoms. The Morgan fingerprint density at radius 3 is 2.86 bits per heavy atom. The number of carbonyl (C=O) groups is 1. The van der Waals surface area contributed by atoms with Gasteiger partial charge in [0.2, 0.25) is 0 Å². The van der Waals surface area contributed by atoms with Gasteiger partial charge in [0.1, 0.15) is 0 Å². The van der Waals surface area contributed by atoms with E-state index >= 15 is 0 Å². The number of carbonyl (C=O) groups excluding carboxylic acids is 1. The number of nitro groups is 1. The van der Waals surface area contributed by atoms with Gasteiger partial charge in [-0.05, 0) is 24.1 Å². The molecule has 1 aliphatic rings. The van der Waals surface area contributed by atoms with Crippen molar-refractivity contribution in [1.82, 2.24) is 5.32 Å². The first kappa shape index (κ1) is 14.6. The lowest BCUT2D eigenvalue weighted by Gasteiger charge is -2.25. The van der Waals surface area contributed by atoms with Crippen LogP contribution in [0.25, 0.3) is 0 Å². The fourth-order valence-corrected chi connectivity index (χ4v) is 3.62. The van der Waals surface area contributed by atoms with Gasteiger partial charge in [0.05, 0.1) is 11.0 Å². The monoisotopic (exact) mass is 314 g/mol. The third kappa shape index (κ3) is 2.96. The van der Waals surface area contributed by atoms with Crippen LogP contribution in [0.2, 0.25) is 0 Å². The third-order valence-electron chi connectivity index (χ3n) is 3.58. The van der Waals surface area contributed by atoms with Gasteiger partial charge in [-0.1, -0.05) is 24.3 Å². The van der Waals surface area contributed by atoms with E-state index in [9.17, 15) is 14.9 Å². The Balaban J connectivity index is 1.81. The molecule has 3 rings (SSSR count). The molecule has 0 unspecified atom stereocenters. The van der Waals surface area contributed by atoms with Crippen molar-refractivity contribution in [3.63, 3.8) is 0 Å². The van der Waals surface area contributed by atoms with Gasteiger partial charge in [0.25, 0.3) is 11.6 Å². The molecule has 0 bridgehead atoms. The summed E-state index contributed by atoms with van der Waals surface area (Å²) in [5, 5.41) is 13.8. The molecule has 2 aromatic carbocycles. The van der Waals surface area contributed by atoms with Crippen LogP contribution in [0.1, 0.15) is 28.4 Å². The van der Waals surface area contributed by atoms with E-state index in [1.807, 2.05) is 24.3 Å². The van der Waals surface area contributed by atoms with E-state index in [1.54, 1.807) is 17.8 Å². The normalized spacial score (nSPS) is 16.6. The first-order valence-corrected chi connectivity index (χ1v) is 7.91. The lowest BCUT2D eigenvalue weighted by atomic mass is 10.0. The number of non-ortho nitro benzene ring substituents is 1. The molecule has 1 amide bonds. The summed E-state index contributed by atoms with van der Waals surface area (Å²) in [5.41, 5.74) is 1.34.